The van der Waals surface area contributed by atoms with E-state index in [1.54, 1.807) is 18.9 Å². The first-order valence-electron chi connectivity index (χ1n) is 8.92. The summed E-state index contributed by atoms with van der Waals surface area (Å²) in [6.45, 7) is 9.01. The van der Waals surface area contributed by atoms with Crippen molar-refractivity contribution in [3.63, 3.8) is 0 Å². The highest BCUT2D eigenvalue weighted by atomic mass is 16.5. The molecular weight excluding hydrogens is 318 g/mol. The van der Waals surface area contributed by atoms with Gasteiger partial charge in [0.2, 0.25) is 11.8 Å². The van der Waals surface area contributed by atoms with Crippen molar-refractivity contribution in [2.75, 3.05) is 46.4 Å². The lowest BCUT2D eigenvalue weighted by Gasteiger charge is -2.34. The van der Waals surface area contributed by atoms with E-state index in [4.69, 9.17) is 4.74 Å². The van der Waals surface area contributed by atoms with Crippen LogP contribution >= 0.6 is 0 Å². The fourth-order valence-electron chi connectivity index (χ4n) is 3.09. The Kier molecular flexibility index (Phi) is 7.25. The third kappa shape index (κ3) is 5.46. The third-order valence-electron chi connectivity index (χ3n) is 4.77. The van der Waals surface area contributed by atoms with Gasteiger partial charge in [0.05, 0.1) is 7.11 Å². The summed E-state index contributed by atoms with van der Waals surface area (Å²) in [6.07, 6.45) is 0.362. The van der Waals surface area contributed by atoms with E-state index in [9.17, 15) is 9.59 Å². The fourth-order valence-corrected chi connectivity index (χ4v) is 3.09. The van der Waals surface area contributed by atoms with Crippen LogP contribution in [0.15, 0.2) is 24.3 Å². The van der Waals surface area contributed by atoms with Crippen LogP contribution < -0.4 is 4.74 Å². The van der Waals surface area contributed by atoms with Gasteiger partial charge in [-0.2, -0.15) is 0 Å². The van der Waals surface area contributed by atoms with Crippen molar-refractivity contribution in [1.82, 2.24) is 14.7 Å². The Bertz CT molecular complexity index is 583. The van der Waals surface area contributed by atoms with E-state index >= 15 is 0 Å². The van der Waals surface area contributed by atoms with Crippen molar-refractivity contribution >= 4 is 11.8 Å². The molecule has 0 atom stereocenters. The lowest BCUT2D eigenvalue weighted by atomic mass is 10.1. The number of piperazine rings is 1. The zero-order chi connectivity index (χ0) is 18.2. The number of amides is 2. The monoisotopic (exact) mass is 347 g/mol. The molecule has 2 rings (SSSR count). The number of benzene rings is 1. The third-order valence-corrected chi connectivity index (χ3v) is 4.77. The molecule has 0 radical (unpaired) electrons. The van der Waals surface area contributed by atoms with Gasteiger partial charge in [0, 0.05) is 58.2 Å². The van der Waals surface area contributed by atoms with Gasteiger partial charge in [0.1, 0.15) is 5.75 Å². The second kappa shape index (κ2) is 9.42. The molecular formula is C19H29N3O3. The second-order valence-electron chi connectivity index (χ2n) is 6.32. The summed E-state index contributed by atoms with van der Waals surface area (Å²) in [5, 5.41) is 0. The minimum Gasteiger partial charge on any atom is -0.496 e. The zero-order valence-electron chi connectivity index (χ0n) is 15.5. The number of likely N-dealkylation sites (N-methyl/N-ethyl adjacent to an activating group) is 1. The number of hydrogen-bond donors (Lipinski definition) is 0. The molecule has 138 valence electrons. The number of rotatable bonds is 7. The summed E-state index contributed by atoms with van der Waals surface area (Å²) in [4.78, 5) is 30.4. The highest BCUT2D eigenvalue weighted by molar-refractivity contribution is 5.78. The highest BCUT2D eigenvalue weighted by Gasteiger charge is 2.21. The minimum atomic E-state index is -0.0329. The maximum atomic E-state index is 12.4. The number of hydrogen-bond acceptors (Lipinski definition) is 4. The van der Waals surface area contributed by atoms with Crippen molar-refractivity contribution in [3.05, 3.63) is 29.8 Å². The first-order chi connectivity index (χ1) is 12.0. The number of carbonyl (C=O) groups excluding carboxylic acids is 2. The molecule has 6 heteroatoms. The number of methoxy groups -OCH3 is 1. The minimum absolute atomic E-state index is 0.0329. The van der Waals surface area contributed by atoms with Crippen LogP contribution in [0.2, 0.25) is 0 Å². The van der Waals surface area contributed by atoms with E-state index < -0.39 is 0 Å². The summed E-state index contributed by atoms with van der Waals surface area (Å²) in [6, 6.07) is 7.65. The van der Waals surface area contributed by atoms with E-state index in [2.05, 4.69) is 11.8 Å². The maximum absolute atomic E-state index is 12.4. The molecule has 1 heterocycles. The van der Waals surface area contributed by atoms with E-state index in [0.29, 0.717) is 19.5 Å². The van der Waals surface area contributed by atoms with E-state index in [0.717, 1.165) is 44.0 Å². The van der Waals surface area contributed by atoms with Gasteiger partial charge in [-0.25, -0.2) is 0 Å². The van der Waals surface area contributed by atoms with Crippen LogP contribution in [0.1, 0.15) is 25.8 Å². The molecule has 0 bridgehead atoms. The molecule has 1 aliphatic heterocycles. The lowest BCUT2D eigenvalue weighted by Crippen LogP contribution is -2.49. The van der Waals surface area contributed by atoms with Gasteiger partial charge < -0.3 is 19.4 Å². The molecule has 2 amide bonds. The molecule has 0 unspecified atom stereocenters. The zero-order valence-corrected chi connectivity index (χ0v) is 15.5. The van der Waals surface area contributed by atoms with E-state index in [-0.39, 0.29) is 11.8 Å². The van der Waals surface area contributed by atoms with Crippen LogP contribution in [-0.4, -0.2) is 72.9 Å². The summed E-state index contributed by atoms with van der Waals surface area (Å²) in [7, 11) is 1.62. The van der Waals surface area contributed by atoms with Gasteiger partial charge in [-0.1, -0.05) is 25.1 Å². The highest BCUT2D eigenvalue weighted by Crippen LogP contribution is 2.19. The van der Waals surface area contributed by atoms with E-state index in [1.165, 1.54) is 0 Å². The van der Waals surface area contributed by atoms with E-state index in [1.807, 2.05) is 29.2 Å². The Hall–Kier alpha value is -2.08. The van der Waals surface area contributed by atoms with Gasteiger partial charge in [-0.3, -0.25) is 9.59 Å². The molecule has 0 saturated carbocycles. The first kappa shape index (κ1) is 19.2. The Morgan fingerprint density at radius 3 is 2.44 bits per heavy atom. The van der Waals surface area contributed by atoms with Crippen molar-refractivity contribution < 1.29 is 14.3 Å². The molecule has 1 aromatic carbocycles. The Morgan fingerprint density at radius 2 is 1.84 bits per heavy atom. The topological polar surface area (TPSA) is 53.1 Å². The lowest BCUT2D eigenvalue weighted by molar-refractivity contribution is -0.135. The number of para-hydroxylation sites is 1. The van der Waals surface area contributed by atoms with Crippen LogP contribution in [0.3, 0.4) is 0 Å². The Balaban J connectivity index is 1.89. The fraction of sp³-hybridized carbons (Fsp3) is 0.579. The smallest absolute Gasteiger partial charge is 0.224 e. The summed E-state index contributed by atoms with van der Waals surface area (Å²) in [5.41, 5.74) is 0.948. The molecule has 6 nitrogen and oxygen atoms in total. The Labute approximate surface area is 150 Å². The van der Waals surface area contributed by atoms with Crippen LogP contribution in [0.4, 0.5) is 0 Å². The molecule has 0 N–H and O–H groups in total. The molecule has 0 spiro atoms. The van der Waals surface area contributed by atoms with Gasteiger partial charge in [-0.15, -0.1) is 0 Å². The molecule has 1 saturated heterocycles. The first-order valence-corrected chi connectivity index (χ1v) is 8.92. The average molecular weight is 347 g/mol. The quantitative estimate of drug-likeness (QED) is 0.752. The standard InChI is InChI=1S/C19H29N3O3/c1-4-20-11-13-21(14-12-20)19(24)9-10-22(16(2)23)15-17-7-5-6-8-18(17)25-3/h5-8H,4,9-15H2,1-3H3. The summed E-state index contributed by atoms with van der Waals surface area (Å²) < 4.78 is 5.35. The van der Waals surface area contributed by atoms with Crippen LogP contribution in [0, 0.1) is 0 Å². The number of carbonyl (C=O) groups is 2. The predicted octanol–water partition coefficient (Wildman–Crippen LogP) is 1.60. The average Bonchev–Trinajstić information content (AvgIpc) is 2.64. The largest absolute Gasteiger partial charge is 0.496 e. The van der Waals surface area contributed by atoms with Gasteiger partial charge in [0.25, 0.3) is 0 Å². The summed E-state index contributed by atoms with van der Waals surface area (Å²) in [5.74, 6) is 0.854. The van der Waals surface area contributed by atoms with Gasteiger partial charge in [0.15, 0.2) is 0 Å². The molecule has 1 fully saturated rings. The van der Waals surface area contributed by atoms with Crippen molar-refractivity contribution in [3.8, 4) is 5.75 Å². The van der Waals surface area contributed by atoms with Crippen LogP contribution in [-0.2, 0) is 16.1 Å². The predicted molar refractivity (Wildman–Crippen MR) is 97.4 cm³/mol. The second-order valence-corrected chi connectivity index (χ2v) is 6.32. The molecule has 25 heavy (non-hydrogen) atoms. The van der Waals surface area contributed by atoms with Crippen LogP contribution in [0.25, 0.3) is 0 Å². The maximum Gasteiger partial charge on any atom is 0.224 e. The SMILES string of the molecule is CCN1CCN(C(=O)CCN(Cc2ccccc2OC)C(C)=O)CC1. The van der Waals surface area contributed by atoms with Crippen LogP contribution in [0.5, 0.6) is 5.75 Å². The molecule has 0 aliphatic carbocycles. The van der Waals surface area contributed by atoms with Gasteiger partial charge in [-0.05, 0) is 12.6 Å². The number of ether oxygens (including phenoxy) is 1. The molecule has 1 aliphatic rings. The summed E-state index contributed by atoms with van der Waals surface area (Å²) >= 11 is 0. The molecule has 1 aromatic rings. The number of nitrogens with zero attached hydrogens (tertiary/aromatic N) is 3. The molecule has 0 aromatic heterocycles. The normalized spacial score (nSPS) is 15.1. The van der Waals surface area contributed by atoms with Crippen molar-refractivity contribution in [2.45, 2.75) is 26.8 Å². The van der Waals surface area contributed by atoms with Crippen molar-refractivity contribution in [2.24, 2.45) is 0 Å². The Morgan fingerprint density at radius 1 is 1.16 bits per heavy atom. The van der Waals surface area contributed by atoms with Gasteiger partial charge >= 0.3 is 0 Å². The van der Waals surface area contributed by atoms with Crippen molar-refractivity contribution in [1.29, 1.82) is 0 Å².